The molecule has 0 aromatic heterocycles. The Bertz CT molecular complexity index is 1130. The number of carbonyl (C=O) groups excluding carboxylic acids is 2. The predicted molar refractivity (Wildman–Crippen MR) is 132 cm³/mol. The van der Waals surface area contributed by atoms with Crippen molar-refractivity contribution in [3.8, 4) is 5.75 Å². The van der Waals surface area contributed by atoms with E-state index in [1.54, 1.807) is 42.5 Å². The van der Waals surface area contributed by atoms with Crippen LogP contribution < -0.4 is 15.4 Å². The Morgan fingerprint density at radius 3 is 2.50 bits per heavy atom. The molecule has 0 aliphatic carbocycles. The van der Waals surface area contributed by atoms with E-state index in [4.69, 9.17) is 4.74 Å². The predicted octanol–water partition coefficient (Wildman–Crippen LogP) is 3.58. The fourth-order valence-corrected chi connectivity index (χ4v) is 5.41. The second-order valence-electron chi connectivity index (χ2n) is 8.46. The Kier molecular flexibility index (Phi) is 8.68. The minimum absolute atomic E-state index is 0.0211. The van der Waals surface area contributed by atoms with Gasteiger partial charge in [0.2, 0.25) is 15.9 Å². The highest BCUT2D eigenvalue weighted by Gasteiger charge is 2.28. The van der Waals surface area contributed by atoms with Crippen molar-refractivity contribution >= 4 is 27.5 Å². The number of ether oxygens (including phenoxy) is 1. The van der Waals surface area contributed by atoms with Crippen LogP contribution in [-0.2, 0) is 21.2 Å². The average molecular weight is 488 g/mol. The first-order valence-electron chi connectivity index (χ1n) is 11.6. The Labute approximate surface area is 201 Å². The summed E-state index contributed by atoms with van der Waals surface area (Å²) in [6.07, 6.45) is 2.91. The van der Waals surface area contributed by atoms with Crippen LogP contribution in [0.4, 0.5) is 5.69 Å². The number of nitrogens with zero attached hydrogens (tertiary/aromatic N) is 1. The zero-order valence-corrected chi connectivity index (χ0v) is 20.8. The molecule has 0 unspecified atom stereocenters. The topological polar surface area (TPSA) is 105 Å². The van der Waals surface area contributed by atoms with Crippen molar-refractivity contribution in [3.63, 3.8) is 0 Å². The highest BCUT2D eigenvalue weighted by Crippen LogP contribution is 2.27. The van der Waals surface area contributed by atoms with Gasteiger partial charge in [0.15, 0.2) is 0 Å². The van der Waals surface area contributed by atoms with Crippen LogP contribution in [0.5, 0.6) is 5.75 Å². The number of hydrogen-bond acceptors (Lipinski definition) is 5. The maximum Gasteiger partial charge on any atom is 0.253 e. The average Bonchev–Trinajstić information content (AvgIpc) is 3.38. The van der Waals surface area contributed by atoms with Gasteiger partial charge in [-0.3, -0.25) is 9.59 Å². The summed E-state index contributed by atoms with van der Waals surface area (Å²) in [5.74, 6) is 0.00638. The van der Waals surface area contributed by atoms with Gasteiger partial charge in [0, 0.05) is 25.6 Å². The van der Waals surface area contributed by atoms with Gasteiger partial charge in [-0.25, -0.2) is 8.42 Å². The molecule has 0 spiro atoms. The lowest BCUT2D eigenvalue weighted by molar-refractivity contribution is -0.116. The van der Waals surface area contributed by atoms with E-state index >= 15 is 0 Å². The summed E-state index contributed by atoms with van der Waals surface area (Å²) < 4.78 is 32.8. The number of carbonyl (C=O) groups is 2. The quantitative estimate of drug-likeness (QED) is 0.533. The second-order valence-corrected chi connectivity index (χ2v) is 10.4. The van der Waals surface area contributed by atoms with E-state index in [1.165, 1.54) is 11.4 Å². The number of para-hydroxylation sites is 1. The largest absolute Gasteiger partial charge is 0.496 e. The molecule has 0 bridgehead atoms. The van der Waals surface area contributed by atoms with Gasteiger partial charge in [-0.2, -0.15) is 4.31 Å². The molecule has 2 amide bonds. The first kappa shape index (κ1) is 25.7. The summed E-state index contributed by atoms with van der Waals surface area (Å²) >= 11 is 0. The molecule has 3 rings (SSSR count). The molecule has 1 saturated heterocycles. The van der Waals surface area contributed by atoms with Crippen LogP contribution in [0, 0.1) is 0 Å². The Morgan fingerprint density at radius 2 is 1.82 bits per heavy atom. The minimum atomic E-state index is -3.57. The molecule has 2 aromatic carbocycles. The molecule has 0 saturated carbocycles. The molecule has 34 heavy (non-hydrogen) atoms. The first-order chi connectivity index (χ1) is 16.3. The molecule has 1 fully saturated rings. The highest BCUT2D eigenvalue weighted by molar-refractivity contribution is 7.89. The highest BCUT2D eigenvalue weighted by atomic mass is 32.2. The van der Waals surface area contributed by atoms with Crippen LogP contribution >= 0.6 is 0 Å². The zero-order chi connectivity index (χ0) is 24.7. The van der Waals surface area contributed by atoms with E-state index < -0.39 is 10.0 Å². The molecule has 2 N–H and O–H groups in total. The molecular formula is C25H33N3O5S. The van der Waals surface area contributed by atoms with Gasteiger partial charge in [-0.05, 0) is 68.5 Å². The van der Waals surface area contributed by atoms with E-state index in [0.717, 1.165) is 19.3 Å². The minimum Gasteiger partial charge on any atom is -0.496 e. The molecular weight excluding hydrogens is 454 g/mol. The third-order valence-electron chi connectivity index (χ3n) is 6.01. The van der Waals surface area contributed by atoms with E-state index in [0.29, 0.717) is 42.1 Å². The number of sulfonamides is 1. The Balaban J connectivity index is 1.71. The molecule has 2 aromatic rings. The third kappa shape index (κ3) is 6.15. The van der Waals surface area contributed by atoms with Gasteiger partial charge in [0.25, 0.3) is 5.91 Å². The smallest absolute Gasteiger partial charge is 0.253 e. The van der Waals surface area contributed by atoms with Crippen LogP contribution in [-0.4, -0.2) is 50.8 Å². The summed E-state index contributed by atoms with van der Waals surface area (Å²) in [6, 6.07) is 11.6. The van der Waals surface area contributed by atoms with Gasteiger partial charge >= 0.3 is 0 Å². The van der Waals surface area contributed by atoms with Gasteiger partial charge in [0.05, 0.1) is 23.3 Å². The molecule has 1 atom stereocenters. The van der Waals surface area contributed by atoms with E-state index in [9.17, 15) is 18.0 Å². The van der Waals surface area contributed by atoms with Crippen LogP contribution in [0.15, 0.2) is 47.4 Å². The number of nitrogens with one attached hydrogen (secondary N) is 2. The lowest BCUT2D eigenvalue weighted by Crippen LogP contribution is -2.32. The van der Waals surface area contributed by atoms with Crippen LogP contribution in [0.3, 0.4) is 0 Å². The fraction of sp³-hybridized carbons (Fsp3) is 0.440. The van der Waals surface area contributed by atoms with Crippen molar-refractivity contribution in [1.82, 2.24) is 9.62 Å². The number of methoxy groups -OCH3 is 1. The van der Waals surface area contributed by atoms with Gasteiger partial charge < -0.3 is 15.4 Å². The summed E-state index contributed by atoms with van der Waals surface area (Å²) in [7, 11) is -2.05. The third-order valence-corrected chi connectivity index (χ3v) is 7.91. The van der Waals surface area contributed by atoms with E-state index in [1.807, 2.05) is 13.8 Å². The second kappa shape index (κ2) is 11.5. The maximum absolute atomic E-state index is 12.9. The number of anilines is 1. The maximum atomic E-state index is 12.9. The monoisotopic (exact) mass is 487 g/mol. The van der Waals surface area contributed by atoms with Crippen LogP contribution in [0.25, 0.3) is 0 Å². The Morgan fingerprint density at radius 1 is 1.12 bits per heavy atom. The fourth-order valence-electron chi connectivity index (χ4n) is 3.84. The van der Waals surface area contributed by atoms with Crippen LogP contribution in [0.2, 0.25) is 0 Å². The number of benzene rings is 2. The van der Waals surface area contributed by atoms with Crippen molar-refractivity contribution in [2.45, 2.75) is 56.9 Å². The van der Waals surface area contributed by atoms with Gasteiger partial charge in [0.1, 0.15) is 5.75 Å². The summed E-state index contributed by atoms with van der Waals surface area (Å²) in [4.78, 5) is 25.5. The molecule has 1 heterocycles. The summed E-state index contributed by atoms with van der Waals surface area (Å²) in [5.41, 5.74) is 1.47. The summed E-state index contributed by atoms with van der Waals surface area (Å²) in [5, 5.41) is 5.72. The number of hydrogen-bond donors (Lipinski definition) is 2. The van der Waals surface area contributed by atoms with Crippen LogP contribution in [0.1, 0.15) is 55.5 Å². The molecule has 8 nitrogen and oxygen atoms in total. The normalized spacial score (nSPS) is 15.0. The molecule has 0 radical (unpaired) electrons. The van der Waals surface area contributed by atoms with Crippen molar-refractivity contribution in [2.24, 2.45) is 0 Å². The number of amides is 2. The zero-order valence-electron chi connectivity index (χ0n) is 20.0. The molecule has 9 heteroatoms. The molecule has 184 valence electrons. The standard InChI is InChI=1S/C25H33N3O5S/c1-4-18(2)26-25(30)21-9-5-6-10-22(21)27-24(29)14-11-19-17-20(12-13-23(19)33-3)34(31,32)28-15-7-8-16-28/h5-6,9-10,12-13,17-18H,4,7-8,11,14-16H2,1-3H3,(H,26,30)(H,27,29)/t18-/m0/s1. The van der Waals surface area contributed by atoms with Crippen molar-refractivity contribution < 1.29 is 22.7 Å². The lowest BCUT2D eigenvalue weighted by Gasteiger charge is -2.17. The lowest BCUT2D eigenvalue weighted by atomic mass is 10.1. The Hall–Kier alpha value is -2.91. The number of rotatable bonds is 10. The first-order valence-corrected chi connectivity index (χ1v) is 13.1. The summed E-state index contributed by atoms with van der Waals surface area (Å²) in [6.45, 7) is 4.95. The molecule has 1 aliphatic heterocycles. The van der Waals surface area contributed by atoms with Gasteiger partial charge in [-0.1, -0.05) is 19.1 Å². The van der Waals surface area contributed by atoms with E-state index in [2.05, 4.69) is 10.6 Å². The molecule has 1 aliphatic rings. The van der Waals surface area contributed by atoms with E-state index in [-0.39, 0.29) is 29.2 Å². The van der Waals surface area contributed by atoms with Crippen molar-refractivity contribution in [3.05, 3.63) is 53.6 Å². The van der Waals surface area contributed by atoms with Gasteiger partial charge in [-0.15, -0.1) is 0 Å². The van der Waals surface area contributed by atoms with Crippen molar-refractivity contribution in [1.29, 1.82) is 0 Å². The number of aryl methyl sites for hydroxylation is 1. The SMILES string of the molecule is CC[C@H](C)NC(=O)c1ccccc1NC(=O)CCc1cc(S(=O)(=O)N2CCCC2)ccc1OC. The van der Waals surface area contributed by atoms with Crippen molar-refractivity contribution in [2.75, 3.05) is 25.5 Å².